The minimum Gasteiger partial charge on any atom is -0.358 e. The molecule has 3 aromatic heterocycles. The van der Waals surface area contributed by atoms with Crippen molar-refractivity contribution >= 4 is 38.4 Å². The van der Waals surface area contributed by atoms with E-state index < -0.39 is 9.84 Å². The van der Waals surface area contributed by atoms with Crippen LogP contribution in [-0.4, -0.2) is 43.7 Å². The van der Waals surface area contributed by atoms with Gasteiger partial charge in [-0.2, -0.15) is 4.98 Å². The normalized spacial score (nSPS) is 13.0. The lowest BCUT2D eigenvalue weighted by molar-refractivity contribution is 0.406. The lowest BCUT2D eigenvalue weighted by atomic mass is 10.1. The molecule has 10 nitrogen and oxygen atoms in total. The number of nitrogens with one attached hydrogen (secondary N) is 1. The van der Waals surface area contributed by atoms with Gasteiger partial charge in [0.05, 0.1) is 18.5 Å². The number of fused-ring (bicyclic) bond motifs is 1. The van der Waals surface area contributed by atoms with Crippen molar-refractivity contribution in [3.8, 4) is 0 Å². The van der Waals surface area contributed by atoms with Gasteiger partial charge >= 0.3 is 0 Å². The fourth-order valence-corrected chi connectivity index (χ4v) is 3.58. The molecule has 0 aromatic carbocycles. The van der Waals surface area contributed by atoms with Crippen LogP contribution in [0.3, 0.4) is 0 Å². The van der Waals surface area contributed by atoms with Crippen LogP contribution in [-0.2, 0) is 16.4 Å². The first-order chi connectivity index (χ1) is 14.1. The molecule has 1 atom stereocenters. The molecule has 0 aliphatic carbocycles. The summed E-state index contributed by atoms with van der Waals surface area (Å²) >= 11 is 5.92. The van der Waals surface area contributed by atoms with Gasteiger partial charge in [0, 0.05) is 18.4 Å². The van der Waals surface area contributed by atoms with E-state index in [9.17, 15) is 13.2 Å². The number of halogens is 1. The minimum atomic E-state index is -3.38. The maximum Gasteiger partial charge on any atom is 0.295 e. The second-order valence-electron chi connectivity index (χ2n) is 7.06. The van der Waals surface area contributed by atoms with Gasteiger partial charge in [-0.15, -0.1) is 0 Å². The summed E-state index contributed by atoms with van der Waals surface area (Å²) < 4.78 is 25.3. The Bertz CT molecular complexity index is 1230. The summed E-state index contributed by atoms with van der Waals surface area (Å²) in [4.78, 5) is 33.7. The third kappa shape index (κ3) is 4.41. The summed E-state index contributed by atoms with van der Waals surface area (Å²) in [6.45, 7) is 7.56. The Morgan fingerprint density at radius 3 is 2.37 bits per heavy atom. The third-order valence-electron chi connectivity index (χ3n) is 4.81. The molecule has 0 aliphatic rings. The van der Waals surface area contributed by atoms with Gasteiger partial charge in [0.2, 0.25) is 5.28 Å². The molecule has 1 N–H and O–H groups in total. The monoisotopic (exact) mass is 451 g/mol. The Balaban J connectivity index is 1.96. The van der Waals surface area contributed by atoms with Crippen LogP contribution < -0.4 is 10.9 Å². The largest absolute Gasteiger partial charge is 0.358 e. The summed E-state index contributed by atoms with van der Waals surface area (Å²) in [5, 5.41) is 2.97. The topological polar surface area (TPSA) is 133 Å². The molecule has 0 amide bonds. The van der Waals surface area contributed by atoms with Crippen molar-refractivity contribution in [1.29, 1.82) is 0 Å². The number of hydrogen-bond donors (Lipinski definition) is 1. The number of rotatable bonds is 7. The first-order valence-corrected chi connectivity index (χ1v) is 11.4. The maximum atomic E-state index is 13.1. The second-order valence-corrected chi connectivity index (χ2v) is 9.68. The molecule has 0 radical (unpaired) electrons. The maximum absolute atomic E-state index is 13.1. The van der Waals surface area contributed by atoms with Crippen LogP contribution in [0.5, 0.6) is 0 Å². The van der Waals surface area contributed by atoms with Crippen molar-refractivity contribution in [2.45, 2.75) is 45.2 Å². The summed E-state index contributed by atoms with van der Waals surface area (Å²) in [7, 11) is -3.38. The van der Waals surface area contributed by atoms with Gasteiger partial charge in [0.25, 0.3) is 5.56 Å². The smallest absolute Gasteiger partial charge is 0.295 e. The zero-order valence-corrected chi connectivity index (χ0v) is 18.6. The van der Waals surface area contributed by atoms with E-state index in [1.54, 1.807) is 11.5 Å². The minimum absolute atomic E-state index is 0.0321. The summed E-state index contributed by atoms with van der Waals surface area (Å²) in [5.41, 5.74) is 0.417. The predicted octanol–water partition coefficient (Wildman–Crippen LogP) is 2.25. The average Bonchev–Trinajstić information content (AvgIpc) is 2.72. The van der Waals surface area contributed by atoms with Crippen molar-refractivity contribution in [2.24, 2.45) is 5.92 Å². The molecule has 30 heavy (non-hydrogen) atoms. The average molecular weight is 452 g/mol. The molecule has 0 unspecified atom stereocenters. The first kappa shape index (κ1) is 22.0. The fraction of sp³-hybridized carbons (Fsp3) is 0.444. The number of sulfone groups is 1. The van der Waals surface area contributed by atoms with E-state index in [0.29, 0.717) is 17.0 Å². The highest BCUT2D eigenvalue weighted by atomic mass is 35.5. The number of aromatic nitrogens is 6. The number of nitrogens with zero attached hydrogens (tertiary/aromatic N) is 6. The fourth-order valence-electron chi connectivity index (χ4n) is 2.70. The van der Waals surface area contributed by atoms with Crippen LogP contribution >= 0.6 is 11.6 Å². The molecule has 3 aromatic rings. The Hall–Kier alpha value is -2.66. The van der Waals surface area contributed by atoms with Gasteiger partial charge in [-0.05, 0) is 24.4 Å². The Kier molecular flexibility index (Phi) is 6.32. The number of hydrogen-bond acceptors (Lipinski definition) is 9. The molecule has 3 heterocycles. The Morgan fingerprint density at radius 2 is 1.77 bits per heavy atom. The van der Waals surface area contributed by atoms with Crippen LogP contribution in [0.1, 0.15) is 39.6 Å². The Morgan fingerprint density at radius 1 is 1.10 bits per heavy atom. The highest BCUT2D eigenvalue weighted by molar-refractivity contribution is 7.91. The molecule has 0 saturated heterocycles. The highest BCUT2D eigenvalue weighted by Crippen LogP contribution is 2.21. The van der Waals surface area contributed by atoms with E-state index >= 15 is 0 Å². The summed E-state index contributed by atoms with van der Waals surface area (Å²) in [5.74, 6) is 0.539. The van der Waals surface area contributed by atoms with Gasteiger partial charge in [-0.1, -0.05) is 20.8 Å². The van der Waals surface area contributed by atoms with Gasteiger partial charge in [0.1, 0.15) is 16.2 Å². The van der Waals surface area contributed by atoms with E-state index in [1.807, 2.05) is 20.8 Å². The lowest BCUT2D eigenvalue weighted by Crippen LogP contribution is -2.30. The van der Waals surface area contributed by atoms with Crippen molar-refractivity contribution in [3.05, 3.63) is 40.1 Å². The molecular weight excluding hydrogens is 430 g/mol. The van der Waals surface area contributed by atoms with Gasteiger partial charge in [0.15, 0.2) is 21.3 Å². The summed E-state index contributed by atoms with van der Waals surface area (Å²) in [6, 6.07) is -0.163. The standard InChI is InChI=1S/C18H22ClN7O3S/c1-5-30(28,29)12-6-20-14(21-7-12)9-22-15-17(27)26(11(4)10(2)3)16-13(24-15)8-23-18(19)25-16/h6-8,10-11H,5,9H2,1-4H3,(H,22,24)/t11-/m0/s1. The van der Waals surface area contributed by atoms with Crippen molar-refractivity contribution in [2.75, 3.05) is 11.1 Å². The third-order valence-corrected chi connectivity index (χ3v) is 6.68. The van der Waals surface area contributed by atoms with Crippen LogP contribution in [0.15, 0.2) is 28.3 Å². The van der Waals surface area contributed by atoms with Gasteiger partial charge in [-0.3, -0.25) is 9.36 Å². The van der Waals surface area contributed by atoms with E-state index in [0.717, 1.165) is 0 Å². The number of anilines is 1. The van der Waals surface area contributed by atoms with Gasteiger partial charge in [-0.25, -0.2) is 28.4 Å². The molecule has 0 spiro atoms. The molecule has 12 heteroatoms. The molecule has 0 bridgehead atoms. The van der Waals surface area contributed by atoms with E-state index in [-0.39, 0.29) is 45.8 Å². The van der Waals surface area contributed by atoms with Crippen LogP contribution in [0.4, 0.5) is 5.82 Å². The van der Waals surface area contributed by atoms with Crippen molar-refractivity contribution in [3.63, 3.8) is 0 Å². The van der Waals surface area contributed by atoms with E-state index in [1.165, 1.54) is 18.6 Å². The van der Waals surface area contributed by atoms with Crippen LogP contribution in [0, 0.1) is 5.92 Å². The van der Waals surface area contributed by atoms with E-state index in [4.69, 9.17) is 11.6 Å². The van der Waals surface area contributed by atoms with E-state index in [2.05, 4.69) is 30.2 Å². The quantitative estimate of drug-likeness (QED) is 0.536. The SMILES string of the molecule is CCS(=O)(=O)c1cnc(CNc2nc3cnc(Cl)nc3n([C@@H](C)C(C)C)c2=O)nc1. The second kappa shape index (κ2) is 8.60. The van der Waals surface area contributed by atoms with Crippen molar-refractivity contribution < 1.29 is 8.42 Å². The zero-order valence-electron chi connectivity index (χ0n) is 17.0. The van der Waals surface area contributed by atoms with Gasteiger partial charge < -0.3 is 5.32 Å². The lowest BCUT2D eigenvalue weighted by Gasteiger charge is -2.21. The Labute approximate surface area is 178 Å². The molecule has 0 aliphatic heterocycles. The molecule has 3 rings (SSSR count). The molecule has 160 valence electrons. The molecular formula is C18H22ClN7O3S. The predicted molar refractivity (Wildman–Crippen MR) is 113 cm³/mol. The van der Waals surface area contributed by atoms with Crippen LogP contribution in [0.25, 0.3) is 11.2 Å². The first-order valence-electron chi connectivity index (χ1n) is 9.36. The summed E-state index contributed by atoms with van der Waals surface area (Å²) in [6.07, 6.45) is 3.97. The zero-order chi connectivity index (χ0) is 22.1. The highest BCUT2D eigenvalue weighted by Gasteiger charge is 2.20. The van der Waals surface area contributed by atoms with Crippen LogP contribution in [0.2, 0.25) is 5.28 Å². The molecule has 0 fully saturated rings. The molecule has 0 saturated carbocycles. The van der Waals surface area contributed by atoms with Crippen molar-refractivity contribution in [1.82, 2.24) is 29.5 Å².